The minimum Gasteiger partial charge on any atom is -0.481 e. The van der Waals surface area contributed by atoms with Crippen molar-refractivity contribution in [2.75, 3.05) is 6.61 Å². The number of hydrogen-bond donors (Lipinski definition) is 0. The molecule has 0 fully saturated rings. The molecule has 0 aliphatic heterocycles. The highest BCUT2D eigenvalue weighted by atomic mass is 19.1. The standard InChI is InChI=1S/C10H7F2O/c1-3-4-13-8-5-9(11)7(2)10(12)6-8/h1,5-6H,2,4H2. The van der Waals surface area contributed by atoms with Crippen molar-refractivity contribution < 1.29 is 13.5 Å². The lowest BCUT2D eigenvalue weighted by Gasteiger charge is -2.04. The van der Waals surface area contributed by atoms with E-state index in [-0.39, 0.29) is 17.9 Å². The summed E-state index contributed by atoms with van der Waals surface area (Å²) in [6.45, 7) is 3.18. The third-order valence-electron chi connectivity index (χ3n) is 1.44. The van der Waals surface area contributed by atoms with Crippen LogP contribution in [0.25, 0.3) is 0 Å². The average molecular weight is 181 g/mol. The molecule has 1 aromatic rings. The van der Waals surface area contributed by atoms with Crippen LogP contribution in [0.15, 0.2) is 12.1 Å². The van der Waals surface area contributed by atoms with Gasteiger partial charge in [0.05, 0.1) is 0 Å². The fourth-order valence-electron chi connectivity index (χ4n) is 0.788. The van der Waals surface area contributed by atoms with E-state index in [1.807, 2.05) is 0 Å². The van der Waals surface area contributed by atoms with Gasteiger partial charge in [-0.05, 0) is 6.92 Å². The lowest BCUT2D eigenvalue weighted by atomic mass is 10.2. The SMILES string of the molecule is C#CCOc1cc(F)c([CH2])c(F)c1. The second-order valence-corrected chi connectivity index (χ2v) is 2.36. The van der Waals surface area contributed by atoms with E-state index >= 15 is 0 Å². The van der Waals surface area contributed by atoms with Gasteiger partial charge in [-0.3, -0.25) is 0 Å². The minimum atomic E-state index is -0.743. The van der Waals surface area contributed by atoms with Gasteiger partial charge in [0, 0.05) is 17.7 Å². The molecule has 1 rings (SSSR count). The highest BCUT2D eigenvalue weighted by Gasteiger charge is 2.06. The van der Waals surface area contributed by atoms with Crippen molar-refractivity contribution in [3.8, 4) is 18.1 Å². The third kappa shape index (κ3) is 2.19. The van der Waals surface area contributed by atoms with Crippen molar-refractivity contribution in [2.24, 2.45) is 0 Å². The first-order valence-corrected chi connectivity index (χ1v) is 3.52. The molecule has 0 bridgehead atoms. The van der Waals surface area contributed by atoms with Crippen LogP contribution in [0.2, 0.25) is 0 Å². The average Bonchev–Trinajstić information content (AvgIpc) is 2.10. The molecule has 1 nitrogen and oxygen atoms in total. The number of benzene rings is 1. The van der Waals surface area contributed by atoms with E-state index in [4.69, 9.17) is 11.2 Å². The zero-order valence-corrected chi connectivity index (χ0v) is 6.81. The number of ether oxygens (including phenoxy) is 1. The second-order valence-electron chi connectivity index (χ2n) is 2.36. The summed E-state index contributed by atoms with van der Waals surface area (Å²) in [5.74, 6) is 0.770. The summed E-state index contributed by atoms with van der Waals surface area (Å²) in [6.07, 6.45) is 4.91. The maximum Gasteiger partial charge on any atom is 0.148 e. The number of halogens is 2. The molecule has 0 unspecified atom stereocenters. The van der Waals surface area contributed by atoms with Gasteiger partial charge in [0.15, 0.2) is 0 Å². The Bertz CT molecular complexity index is 329. The van der Waals surface area contributed by atoms with Crippen LogP contribution in [-0.4, -0.2) is 6.61 Å². The molecule has 1 radical (unpaired) electrons. The lowest BCUT2D eigenvalue weighted by molar-refractivity contribution is 0.364. The van der Waals surface area contributed by atoms with E-state index in [1.165, 1.54) is 0 Å². The molecule has 0 atom stereocenters. The molecular formula is C10H7F2O. The van der Waals surface area contributed by atoms with Crippen LogP contribution in [0, 0.1) is 30.9 Å². The first-order chi connectivity index (χ1) is 6.15. The molecule has 0 saturated heterocycles. The van der Waals surface area contributed by atoms with Crippen LogP contribution in [0.5, 0.6) is 5.75 Å². The summed E-state index contributed by atoms with van der Waals surface area (Å²) in [5.41, 5.74) is -0.270. The van der Waals surface area contributed by atoms with Crippen molar-refractivity contribution >= 4 is 0 Å². The Morgan fingerprint density at radius 2 is 1.92 bits per heavy atom. The first kappa shape index (κ1) is 9.53. The van der Waals surface area contributed by atoms with Gasteiger partial charge in [-0.1, -0.05) is 5.92 Å². The lowest BCUT2D eigenvalue weighted by Crippen LogP contribution is -1.96. The van der Waals surface area contributed by atoms with E-state index < -0.39 is 11.6 Å². The first-order valence-electron chi connectivity index (χ1n) is 3.52. The van der Waals surface area contributed by atoms with E-state index in [9.17, 15) is 8.78 Å². The van der Waals surface area contributed by atoms with E-state index in [0.717, 1.165) is 12.1 Å². The zero-order valence-electron chi connectivity index (χ0n) is 6.81. The van der Waals surface area contributed by atoms with E-state index in [2.05, 4.69) is 12.8 Å². The topological polar surface area (TPSA) is 9.23 Å². The van der Waals surface area contributed by atoms with Crippen LogP contribution in [0.1, 0.15) is 5.56 Å². The molecule has 0 saturated carbocycles. The fraction of sp³-hybridized carbons (Fsp3) is 0.100. The van der Waals surface area contributed by atoms with Crippen molar-refractivity contribution in [1.82, 2.24) is 0 Å². The molecule has 0 aliphatic rings. The van der Waals surface area contributed by atoms with Crippen molar-refractivity contribution in [3.05, 3.63) is 36.3 Å². The van der Waals surface area contributed by atoms with Crippen LogP contribution >= 0.6 is 0 Å². The van der Waals surface area contributed by atoms with Gasteiger partial charge in [0.2, 0.25) is 0 Å². The van der Waals surface area contributed by atoms with Gasteiger partial charge < -0.3 is 4.74 Å². The summed E-state index contributed by atoms with van der Waals surface area (Å²) >= 11 is 0. The Labute approximate surface area is 75.3 Å². The minimum absolute atomic E-state index is 0.0185. The normalized spacial score (nSPS) is 9.38. The Hall–Kier alpha value is -1.56. The summed E-state index contributed by atoms with van der Waals surface area (Å²) in [4.78, 5) is 0. The number of terminal acetylenes is 1. The fourth-order valence-corrected chi connectivity index (χ4v) is 0.788. The number of hydrogen-bond acceptors (Lipinski definition) is 1. The summed E-state index contributed by atoms with van der Waals surface area (Å²) < 4.78 is 30.5. The Kier molecular flexibility index (Phi) is 2.86. The quantitative estimate of drug-likeness (QED) is 0.635. The molecule has 0 heterocycles. The van der Waals surface area contributed by atoms with Crippen LogP contribution in [0.4, 0.5) is 8.78 Å². The Balaban J connectivity index is 2.94. The Morgan fingerprint density at radius 1 is 1.38 bits per heavy atom. The molecule has 0 N–H and O–H groups in total. The van der Waals surface area contributed by atoms with Gasteiger partial charge in [-0.2, -0.15) is 0 Å². The van der Waals surface area contributed by atoms with Crippen LogP contribution in [0.3, 0.4) is 0 Å². The van der Waals surface area contributed by atoms with Crippen molar-refractivity contribution in [1.29, 1.82) is 0 Å². The monoisotopic (exact) mass is 181 g/mol. The molecule has 1 aromatic carbocycles. The van der Waals surface area contributed by atoms with Gasteiger partial charge in [-0.25, -0.2) is 8.78 Å². The molecular weight excluding hydrogens is 174 g/mol. The molecule has 0 amide bonds. The zero-order chi connectivity index (χ0) is 9.84. The van der Waals surface area contributed by atoms with Gasteiger partial charge >= 0.3 is 0 Å². The molecule has 3 heteroatoms. The van der Waals surface area contributed by atoms with Gasteiger partial charge in [0.25, 0.3) is 0 Å². The summed E-state index contributed by atoms with van der Waals surface area (Å²) in [6, 6.07) is 2.09. The smallest absolute Gasteiger partial charge is 0.148 e. The maximum absolute atomic E-state index is 12.8. The maximum atomic E-state index is 12.8. The predicted molar refractivity (Wildman–Crippen MR) is 45.1 cm³/mol. The molecule has 0 aromatic heterocycles. The summed E-state index contributed by atoms with van der Waals surface area (Å²) in [5, 5.41) is 0. The summed E-state index contributed by atoms with van der Waals surface area (Å²) in [7, 11) is 0. The highest BCUT2D eigenvalue weighted by Crippen LogP contribution is 2.19. The molecule has 0 aliphatic carbocycles. The highest BCUT2D eigenvalue weighted by molar-refractivity contribution is 5.32. The van der Waals surface area contributed by atoms with Crippen LogP contribution in [-0.2, 0) is 0 Å². The predicted octanol–water partition coefficient (Wildman–Crippen LogP) is 2.16. The van der Waals surface area contributed by atoms with Crippen molar-refractivity contribution in [3.63, 3.8) is 0 Å². The van der Waals surface area contributed by atoms with E-state index in [0.29, 0.717) is 0 Å². The number of rotatable bonds is 2. The molecule has 0 spiro atoms. The molecule has 67 valence electrons. The third-order valence-corrected chi connectivity index (χ3v) is 1.44. The Morgan fingerprint density at radius 3 is 2.38 bits per heavy atom. The molecule has 13 heavy (non-hydrogen) atoms. The largest absolute Gasteiger partial charge is 0.481 e. The van der Waals surface area contributed by atoms with Gasteiger partial charge in [-0.15, -0.1) is 6.42 Å². The van der Waals surface area contributed by atoms with Crippen LogP contribution < -0.4 is 4.74 Å². The second kappa shape index (κ2) is 3.90. The van der Waals surface area contributed by atoms with E-state index in [1.54, 1.807) is 0 Å². The van der Waals surface area contributed by atoms with Gasteiger partial charge in [0.1, 0.15) is 24.0 Å². The van der Waals surface area contributed by atoms with Crippen molar-refractivity contribution in [2.45, 2.75) is 0 Å².